The van der Waals surface area contributed by atoms with E-state index in [1.54, 1.807) is 0 Å². The molecule has 124 valence electrons. The van der Waals surface area contributed by atoms with Crippen LogP contribution in [0.15, 0.2) is 91.1 Å². The summed E-state index contributed by atoms with van der Waals surface area (Å²) in [7, 11) is 0. The maximum Gasteiger partial charge on any atom is 0.238 e. The standard InChI is InChI=1S/C24H17NO/c26-24(16-15-19-9-3-1-4-10-19)22-18-25(17-20-11-5-2-6-12-20)23-14-8-7-13-21(22)23/h1-14,18H,17H2. The Balaban J connectivity index is 1.72. The maximum atomic E-state index is 12.7. The molecule has 0 aliphatic carbocycles. The van der Waals surface area contributed by atoms with Gasteiger partial charge in [0.15, 0.2) is 0 Å². The zero-order valence-electron chi connectivity index (χ0n) is 14.2. The average molecular weight is 335 g/mol. The van der Waals surface area contributed by atoms with Gasteiger partial charge in [0, 0.05) is 29.2 Å². The van der Waals surface area contributed by atoms with Crippen LogP contribution in [0.2, 0.25) is 0 Å². The van der Waals surface area contributed by atoms with E-state index < -0.39 is 0 Å². The zero-order chi connectivity index (χ0) is 17.8. The number of rotatable bonds is 3. The van der Waals surface area contributed by atoms with Crippen molar-refractivity contribution in [2.75, 3.05) is 0 Å². The Morgan fingerprint density at radius 2 is 1.46 bits per heavy atom. The molecule has 1 heterocycles. The minimum atomic E-state index is -0.156. The highest BCUT2D eigenvalue weighted by atomic mass is 16.1. The van der Waals surface area contributed by atoms with Crippen molar-refractivity contribution in [3.63, 3.8) is 0 Å². The predicted octanol–water partition coefficient (Wildman–Crippen LogP) is 4.92. The summed E-state index contributed by atoms with van der Waals surface area (Å²) in [6, 6.07) is 27.8. The van der Waals surface area contributed by atoms with E-state index in [0.29, 0.717) is 5.56 Å². The molecule has 0 spiro atoms. The molecule has 0 amide bonds. The summed E-state index contributed by atoms with van der Waals surface area (Å²) in [5.41, 5.74) is 3.73. The maximum absolute atomic E-state index is 12.7. The number of nitrogens with zero attached hydrogens (tertiary/aromatic N) is 1. The Hall–Kier alpha value is -3.57. The first kappa shape index (κ1) is 15.9. The molecule has 0 atom stereocenters. The summed E-state index contributed by atoms with van der Waals surface area (Å²) in [5, 5.41) is 0.941. The third-order valence-corrected chi connectivity index (χ3v) is 4.32. The fourth-order valence-electron chi connectivity index (χ4n) is 3.06. The largest absolute Gasteiger partial charge is 0.342 e. The fraction of sp³-hybridized carbons (Fsp3) is 0.0417. The summed E-state index contributed by atoms with van der Waals surface area (Å²) in [6.07, 6.45) is 1.92. The van der Waals surface area contributed by atoms with Gasteiger partial charge in [-0.2, -0.15) is 0 Å². The smallest absolute Gasteiger partial charge is 0.238 e. The third kappa shape index (κ3) is 3.29. The van der Waals surface area contributed by atoms with E-state index >= 15 is 0 Å². The van der Waals surface area contributed by atoms with Gasteiger partial charge in [0.25, 0.3) is 0 Å². The van der Waals surface area contributed by atoms with Crippen LogP contribution in [0, 0.1) is 11.8 Å². The van der Waals surface area contributed by atoms with Crippen molar-refractivity contribution in [2.45, 2.75) is 6.54 Å². The zero-order valence-corrected chi connectivity index (χ0v) is 14.2. The second-order valence-corrected chi connectivity index (χ2v) is 6.12. The molecule has 0 unspecified atom stereocenters. The number of ketones is 1. The lowest BCUT2D eigenvalue weighted by atomic mass is 10.1. The highest BCUT2D eigenvalue weighted by Gasteiger charge is 2.13. The molecule has 0 aliphatic heterocycles. The molecule has 2 heteroatoms. The van der Waals surface area contributed by atoms with Crippen molar-refractivity contribution >= 4 is 16.7 Å². The van der Waals surface area contributed by atoms with Crippen molar-refractivity contribution in [2.24, 2.45) is 0 Å². The van der Waals surface area contributed by atoms with Crippen LogP contribution >= 0.6 is 0 Å². The van der Waals surface area contributed by atoms with Gasteiger partial charge in [0.05, 0.1) is 5.56 Å². The molecule has 0 N–H and O–H groups in total. The number of benzene rings is 3. The summed E-state index contributed by atoms with van der Waals surface area (Å²) in [6.45, 7) is 0.723. The van der Waals surface area contributed by atoms with Crippen LogP contribution < -0.4 is 0 Å². The van der Waals surface area contributed by atoms with E-state index in [4.69, 9.17) is 0 Å². The van der Waals surface area contributed by atoms with Crippen LogP contribution in [0.3, 0.4) is 0 Å². The lowest BCUT2D eigenvalue weighted by molar-refractivity contribution is 0.105. The Bertz CT molecular complexity index is 1110. The topological polar surface area (TPSA) is 22.0 Å². The number of hydrogen-bond acceptors (Lipinski definition) is 1. The molecule has 0 saturated heterocycles. The van der Waals surface area contributed by atoms with Gasteiger partial charge in [-0.25, -0.2) is 0 Å². The third-order valence-electron chi connectivity index (χ3n) is 4.32. The van der Waals surface area contributed by atoms with Crippen LogP contribution in [0.1, 0.15) is 21.5 Å². The first-order chi connectivity index (χ1) is 12.8. The minimum Gasteiger partial charge on any atom is -0.342 e. The van der Waals surface area contributed by atoms with E-state index in [1.165, 1.54) is 5.56 Å². The summed E-state index contributed by atoms with van der Waals surface area (Å²) in [4.78, 5) is 12.7. The molecular weight excluding hydrogens is 318 g/mol. The number of fused-ring (bicyclic) bond motifs is 1. The van der Waals surface area contributed by atoms with Crippen LogP contribution in [-0.2, 0) is 6.54 Å². The molecule has 0 bridgehead atoms. The van der Waals surface area contributed by atoms with Crippen molar-refractivity contribution in [3.05, 3.63) is 108 Å². The normalized spacial score (nSPS) is 10.3. The molecule has 3 aromatic carbocycles. The number of aromatic nitrogens is 1. The summed E-state index contributed by atoms with van der Waals surface area (Å²) in [5.74, 6) is 5.58. The van der Waals surface area contributed by atoms with Gasteiger partial charge in [-0.15, -0.1) is 0 Å². The molecule has 0 aliphatic rings. The van der Waals surface area contributed by atoms with Crippen molar-refractivity contribution in [1.82, 2.24) is 4.57 Å². The van der Waals surface area contributed by atoms with Gasteiger partial charge in [-0.3, -0.25) is 4.79 Å². The van der Waals surface area contributed by atoms with E-state index in [-0.39, 0.29) is 5.78 Å². The molecule has 0 saturated carbocycles. The number of hydrogen-bond donors (Lipinski definition) is 0. The highest BCUT2D eigenvalue weighted by Crippen LogP contribution is 2.23. The van der Waals surface area contributed by atoms with Crippen molar-refractivity contribution < 1.29 is 4.79 Å². The molecule has 2 nitrogen and oxygen atoms in total. The fourth-order valence-corrected chi connectivity index (χ4v) is 3.06. The molecular formula is C24H17NO. The van der Waals surface area contributed by atoms with Crippen molar-refractivity contribution in [3.8, 4) is 11.8 Å². The van der Waals surface area contributed by atoms with Crippen LogP contribution in [0.25, 0.3) is 10.9 Å². The lowest BCUT2D eigenvalue weighted by Gasteiger charge is -2.05. The quantitative estimate of drug-likeness (QED) is 0.384. The molecule has 1 aromatic heterocycles. The van der Waals surface area contributed by atoms with Crippen molar-refractivity contribution in [1.29, 1.82) is 0 Å². The van der Waals surface area contributed by atoms with Gasteiger partial charge in [0.1, 0.15) is 0 Å². The molecule has 0 radical (unpaired) electrons. The van der Waals surface area contributed by atoms with E-state index in [9.17, 15) is 4.79 Å². The molecule has 4 rings (SSSR count). The Morgan fingerprint density at radius 1 is 0.808 bits per heavy atom. The first-order valence-corrected chi connectivity index (χ1v) is 8.54. The molecule has 26 heavy (non-hydrogen) atoms. The number of para-hydroxylation sites is 1. The van der Waals surface area contributed by atoms with Gasteiger partial charge in [-0.05, 0) is 29.7 Å². The second kappa shape index (κ2) is 7.13. The average Bonchev–Trinajstić information content (AvgIpc) is 3.06. The summed E-state index contributed by atoms with van der Waals surface area (Å²) >= 11 is 0. The van der Waals surface area contributed by atoms with Gasteiger partial charge in [0.2, 0.25) is 5.78 Å². The predicted molar refractivity (Wildman–Crippen MR) is 105 cm³/mol. The number of carbonyl (C=O) groups is 1. The monoisotopic (exact) mass is 335 g/mol. The van der Waals surface area contributed by atoms with Crippen LogP contribution in [0.5, 0.6) is 0 Å². The second-order valence-electron chi connectivity index (χ2n) is 6.12. The van der Waals surface area contributed by atoms with E-state index in [2.05, 4.69) is 28.5 Å². The molecule has 4 aromatic rings. The van der Waals surface area contributed by atoms with Crippen LogP contribution in [0.4, 0.5) is 0 Å². The van der Waals surface area contributed by atoms with Gasteiger partial charge >= 0.3 is 0 Å². The van der Waals surface area contributed by atoms with Gasteiger partial charge in [-0.1, -0.05) is 72.7 Å². The number of Topliss-reactive ketones (excluding diaryl/α,β-unsaturated/α-hetero) is 1. The van der Waals surface area contributed by atoms with Gasteiger partial charge < -0.3 is 4.57 Å². The molecule has 0 fully saturated rings. The first-order valence-electron chi connectivity index (χ1n) is 8.54. The Labute approximate surface area is 152 Å². The van der Waals surface area contributed by atoms with E-state index in [1.807, 2.05) is 79.0 Å². The Kier molecular flexibility index (Phi) is 4.37. The lowest BCUT2D eigenvalue weighted by Crippen LogP contribution is -1.98. The van der Waals surface area contributed by atoms with E-state index in [0.717, 1.165) is 23.0 Å². The minimum absolute atomic E-state index is 0.156. The number of carbonyl (C=O) groups excluding carboxylic acids is 1. The highest BCUT2D eigenvalue weighted by molar-refractivity contribution is 6.16. The summed E-state index contributed by atoms with van der Waals surface area (Å²) < 4.78 is 2.11. The Morgan fingerprint density at radius 3 is 2.23 bits per heavy atom. The SMILES string of the molecule is O=C(C#Cc1ccccc1)c1cn(Cc2ccccc2)c2ccccc12. The van der Waals surface area contributed by atoms with Crippen LogP contribution in [-0.4, -0.2) is 10.4 Å².